The summed E-state index contributed by atoms with van der Waals surface area (Å²) in [6.07, 6.45) is 6.83. The van der Waals surface area contributed by atoms with Crippen LogP contribution in [0, 0.1) is 5.92 Å². The van der Waals surface area contributed by atoms with Gasteiger partial charge in [0.2, 0.25) is 5.91 Å². The van der Waals surface area contributed by atoms with Crippen molar-refractivity contribution in [1.82, 2.24) is 5.32 Å². The van der Waals surface area contributed by atoms with Gasteiger partial charge in [-0.1, -0.05) is 32.8 Å². The molecule has 1 atom stereocenters. The molecule has 0 aliphatic heterocycles. The Labute approximate surface area is 87.8 Å². The summed E-state index contributed by atoms with van der Waals surface area (Å²) in [6.45, 7) is 8.36. The predicted octanol–water partition coefficient (Wildman–Crippen LogP) is 2.89. The lowest BCUT2D eigenvalue weighted by Gasteiger charge is -2.12. The van der Waals surface area contributed by atoms with E-state index in [2.05, 4.69) is 26.1 Å². The average Bonchev–Trinajstić information content (AvgIpc) is 2.03. The first kappa shape index (κ1) is 13.2. The minimum Gasteiger partial charge on any atom is -0.350 e. The fraction of sp³-hybridized carbons (Fsp3) is 0.750. The zero-order chi connectivity index (χ0) is 11.0. The number of carbonyl (C=O) groups excluding carboxylic acids is 1. The van der Waals surface area contributed by atoms with Gasteiger partial charge >= 0.3 is 0 Å². The first-order valence-electron chi connectivity index (χ1n) is 5.49. The zero-order valence-corrected chi connectivity index (χ0v) is 9.84. The third-order valence-corrected chi connectivity index (χ3v) is 2.13. The van der Waals surface area contributed by atoms with Crippen LogP contribution in [-0.2, 0) is 4.79 Å². The Kier molecular flexibility index (Phi) is 7.17. The maximum Gasteiger partial charge on any atom is 0.243 e. The number of rotatable bonds is 6. The maximum atomic E-state index is 11.2. The van der Waals surface area contributed by atoms with Gasteiger partial charge in [-0.05, 0) is 32.3 Å². The van der Waals surface area contributed by atoms with Crippen molar-refractivity contribution < 1.29 is 4.79 Å². The molecule has 1 N–H and O–H groups in total. The van der Waals surface area contributed by atoms with E-state index in [1.807, 2.05) is 6.92 Å². The fourth-order valence-corrected chi connectivity index (χ4v) is 1.35. The van der Waals surface area contributed by atoms with E-state index in [0.29, 0.717) is 0 Å². The van der Waals surface area contributed by atoms with Crippen LogP contribution in [0.5, 0.6) is 0 Å². The Balaban J connectivity index is 3.54. The molecule has 0 fully saturated rings. The number of hydrogen-bond acceptors (Lipinski definition) is 1. The average molecular weight is 197 g/mol. The van der Waals surface area contributed by atoms with Crippen molar-refractivity contribution >= 4 is 5.91 Å². The van der Waals surface area contributed by atoms with Gasteiger partial charge in [-0.25, -0.2) is 0 Å². The fourth-order valence-electron chi connectivity index (χ4n) is 1.35. The Hall–Kier alpha value is -0.790. The standard InChI is InChI=1S/C12H23NO/c1-5-7-12(14)13-11(4)9-6-8-10(2)3/h5,7,10-11H,6,8-9H2,1-4H3,(H,13,14). The van der Waals surface area contributed by atoms with Gasteiger partial charge < -0.3 is 5.32 Å². The van der Waals surface area contributed by atoms with Crippen LogP contribution in [0.4, 0.5) is 0 Å². The lowest BCUT2D eigenvalue weighted by Crippen LogP contribution is -2.31. The van der Waals surface area contributed by atoms with Crippen molar-refractivity contribution in [3.63, 3.8) is 0 Å². The van der Waals surface area contributed by atoms with E-state index in [-0.39, 0.29) is 11.9 Å². The molecular weight excluding hydrogens is 174 g/mol. The van der Waals surface area contributed by atoms with Gasteiger partial charge in [-0.2, -0.15) is 0 Å². The molecule has 14 heavy (non-hydrogen) atoms. The van der Waals surface area contributed by atoms with E-state index < -0.39 is 0 Å². The molecule has 0 aromatic rings. The molecule has 1 unspecified atom stereocenters. The maximum absolute atomic E-state index is 11.2. The second-order valence-electron chi connectivity index (χ2n) is 4.23. The van der Waals surface area contributed by atoms with Crippen LogP contribution in [0.2, 0.25) is 0 Å². The van der Waals surface area contributed by atoms with Crippen molar-refractivity contribution in [2.45, 2.75) is 53.0 Å². The van der Waals surface area contributed by atoms with E-state index in [1.54, 1.807) is 12.2 Å². The number of allylic oxidation sites excluding steroid dienone is 1. The second kappa shape index (κ2) is 7.60. The lowest BCUT2D eigenvalue weighted by atomic mass is 10.0. The zero-order valence-electron chi connectivity index (χ0n) is 9.84. The van der Waals surface area contributed by atoms with Gasteiger partial charge in [0.25, 0.3) is 0 Å². The molecule has 0 saturated carbocycles. The van der Waals surface area contributed by atoms with Crippen LogP contribution in [0.3, 0.4) is 0 Å². The van der Waals surface area contributed by atoms with Gasteiger partial charge in [0.15, 0.2) is 0 Å². The third kappa shape index (κ3) is 7.84. The topological polar surface area (TPSA) is 29.1 Å². The molecule has 1 amide bonds. The van der Waals surface area contributed by atoms with E-state index in [4.69, 9.17) is 0 Å². The molecular formula is C12H23NO. The van der Waals surface area contributed by atoms with Gasteiger partial charge in [-0.3, -0.25) is 4.79 Å². The minimum absolute atomic E-state index is 0.0181. The molecule has 0 aliphatic rings. The van der Waals surface area contributed by atoms with Crippen molar-refractivity contribution in [2.24, 2.45) is 5.92 Å². The normalized spacial score (nSPS) is 13.5. The van der Waals surface area contributed by atoms with E-state index in [1.165, 1.54) is 12.8 Å². The summed E-state index contributed by atoms with van der Waals surface area (Å²) >= 11 is 0. The van der Waals surface area contributed by atoms with Crippen LogP contribution in [-0.4, -0.2) is 11.9 Å². The van der Waals surface area contributed by atoms with Gasteiger partial charge in [0.1, 0.15) is 0 Å². The molecule has 0 heterocycles. The van der Waals surface area contributed by atoms with Crippen molar-refractivity contribution in [1.29, 1.82) is 0 Å². The largest absolute Gasteiger partial charge is 0.350 e. The molecule has 82 valence electrons. The summed E-state index contributed by atoms with van der Waals surface area (Å²) in [5.74, 6) is 0.776. The van der Waals surface area contributed by atoms with Crippen molar-refractivity contribution in [3.05, 3.63) is 12.2 Å². The monoisotopic (exact) mass is 197 g/mol. The molecule has 0 bridgehead atoms. The molecule has 0 aromatic carbocycles. The Morgan fingerprint density at radius 1 is 1.29 bits per heavy atom. The number of hydrogen-bond donors (Lipinski definition) is 1. The van der Waals surface area contributed by atoms with Gasteiger partial charge in [0.05, 0.1) is 0 Å². The summed E-state index contributed by atoms with van der Waals surface area (Å²) in [6, 6.07) is 0.289. The van der Waals surface area contributed by atoms with Gasteiger partial charge in [-0.15, -0.1) is 0 Å². The Bertz CT molecular complexity index is 185. The highest BCUT2D eigenvalue weighted by molar-refractivity contribution is 5.87. The molecule has 0 spiro atoms. The second-order valence-corrected chi connectivity index (χ2v) is 4.23. The highest BCUT2D eigenvalue weighted by atomic mass is 16.1. The van der Waals surface area contributed by atoms with E-state index in [9.17, 15) is 4.79 Å². The summed E-state index contributed by atoms with van der Waals surface area (Å²) in [5.41, 5.74) is 0. The smallest absolute Gasteiger partial charge is 0.243 e. The Morgan fingerprint density at radius 3 is 2.43 bits per heavy atom. The molecule has 0 saturated heterocycles. The quantitative estimate of drug-likeness (QED) is 0.652. The molecule has 2 heteroatoms. The molecule has 0 rings (SSSR count). The highest BCUT2D eigenvalue weighted by Crippen LogP contribution is 2.07. The third-order valence-electron chi connectivity index (χ3n) is 2.13. The number of nitrogens with one attached hydrogen (secondary N) is 1. The van der Waals surface area contributed by atoms with E-state index in [0.717, 1.165) is 12.3 Å². The first-order valence-corrected chi connectivity index (χ1v) is 5.49. The van der Waals surface area contributed by atoms with E-state index >= 15 is 0 Å². The summed E-state index contributed by atoms with van der Waals surface area (Å²) in [5, 5.41) is 2.93. The van der Waals surface area contributed by atoms with Crippen LogP contribution < -0.4 is 5.32 Å². The highest BCUT2D eigenvalue weighted by Gasteiger charge is 2.04. The molecule has 0 aromatic heterocycles. The SMILES string of the molecule is CC=CC(=O)NC(C)CCCC(C)C. The Morgan fingerprint density at radius 2 is 1.93 bits per heavy atom. The molecule has 2 nitrogen and oxygen atoms in total. The number of amides is 1. The first-order chi connectivity index (χ1) is 6.56. The molecule has 0 aliphatic carbocycles. The summed E-state index contributed by atoms with van der Waals surface area (Å²) in [7, 11) is 0. The lowest BCUT2D eigenvalue weighted by molar-refractivity contribution is -0.117. The van der Waals surface area contributed by atoms with Crippen LogP contribution >= 0.6 is 0 Å². The summed E-state index contributed by atoms with van der Waals surface area (Å²) in [4.78, 5) is 11.2. The predicted molar refractivity (Wildman–Crippen MR) is 61.1 cm³/mol. The summed E-state index contributed by atoms with van der Waals surface area (Å²) < 4.78 is 0. The number of carbonyl (C=O) groups is 1. The van der Waals surface area contributed by atoms with Gasteiger partial charge in [0, 0.05) is 6.04 Å². The molecule has 0 radical (unpaired) electrons. The van der Waals surface area contributed by atoms with Crippen molar-refractivity contribution in [3.8, 4) is 0 Å². The van der Waals surface area contributed by atoms with Crippen LogP contribution in [0.1, 0.15) is 47.0 Å². The van der Waals surface area contributed by atoms with Crippen LogP contribution in [0.15, 0.2) is 12.2 Å². The minimum atomic E-state index is 0.0181. The van der Waals surface area contributed by atoms with Crippen LogP contribution in [0.25, 0.3) is 0 Å². The van der Waals surface area contributed by atoms with Crippen molar-refractivity contribution in [2.75, 3.05) is 0 Å².